The van der Waals surface area contributed by atoms with Gasteiger partial charge in [0.15, 0.2) is 0 Å². The van der Waals surface area contributed by atoms with Crippen molar-refractivity contribution in [3.05, 3.63) is 28.7 Å². The van der Waals surface area contributed by atoms with Gasteiger partial charge in [-0.05, 0) is 37.1 Å². The Labute approximate surface area is 143 Å². The standard InChI is InChI=1S/C14H18BrN3O3.ClH/c15-9-1-3-10(4-2-9)18-13(19)8-17-14(20)12-6-5-11(7-16)21-12;/h1-4,11-12H,5-8,16H2,(H,17,20)(H,18,19);1H/t11-,12+;/m1./s1. The molecule has 0 unspecified atom stereocenters. The van der Waals surface area contributed by atoms with E-state index in [1.165, 1.54) is 0 Å². The van der Waals surface area contributed by atoms with Crippen molar-refractivity contribution in [3.8, 4) is 0 Å². The lowest BCUT2D eigenvalue weighted by Crippen LogP contribution is -2.39. The fraction of sp³-hybridized carbons (Fsp3) is 0.429. The van der Waals surface area contributed by atoms with Crippen molar-refractivity contribution < 1.29 is 14.3 Å². The average Bonchev–Trinajstić information content (AvgIpc) is 2.96. The van der Waals surface area contributed by atoms with Crippen LogP contribution in [0.1, 0.15) is 12.8 Å². The summed E-state index contributed by atoms with van der Waals surface area (Å²) in [6.45, 7) is 0.329. The molecule has 0 radical (unpaired) electrons. The Hall–Kier alpha value is -1.15. The van der Waals surface area contributed by atoms with Gasteiger partial charge in [0, 0.05) is 16.7 Å². The van der Waals surface area contributed by atoms with Gasteiger partial charge in [-0.3, -0.25) is 9.59 Å². The predicted molar refractivity (Wildman–Crippen MR) is 90.0 cm³/mol. The summed E-state index contributed by atoms with van der Waals surface area (Å²) < 4.78 is 6.39. The minimum Gasteiger partial charge on any atom is -0.364 e. The number of benzene rings is 1. The second-order valence-corrected chi connectivity index (χ2v) is 5.75. The largest absolute Gasteiger partial charge is 0.364 e. The first-order chi connectivity index (χ1) is 10.1. The summed E-state index contributed by atoms with van der Waals surface area (Å²) >= 11 is 3.32. The van der Waals surface area contributed by atoms with Crippen molar-refractivity contribution in [2.45, 2.75) is 25.0 Å². The number of nitrogens with two attached hydrogens (primary N) is 1. The van der Waals surface area contributed by atoms with Crippen LogP contribution in [-0.4, -0.2) is 37.1 Å². The quantitative estimate of drug-likeness (QED) is 0.707. The number of carbonyl (C=O) groups excluding carboxylic acids is 2. The van der Waals surface area contributed by atoms with Gasteiger partial charge < -0.3 is 21.1 Å². The van der Waals surface area contributed by atoms with E-state index in [1.807, 2.05) is 12.1 Å². The Morgan fingerprint density at radius 1 is 1.27 bits per heavy atom. The number of rotatable bonds is 5. The van der Waals surface area contributed by atoms with Gasteiger partial charge >= 0.3 is 0 Å². The van der Waals surface area contributed by atoms with E-state index >= 15 is 0 Å². The molecule has 6 nitrogen and oxygen atoms in total. The van der Waals surface area contributed by atoms with Crippen molar-refractivity contribution in [3.63, 3.8) is 0 Å². The fourth-order valence-corrected chi connectivity index (χ4v) is 2.36. The van der Waals surface area contributed by atoms with Gasteiger partial charge in [-0.15, -0.1) is 12.4 Å². The number of hydrogen-bond acceptors (Lipinski definition) is 4. The Balaban J connectivity index is 0.00000242. The van der Waals surface area contributed by atoms with Crippen LogP contribution in [0.2, 0.25) is 0 Å². The lowest BCUT2D eigenvalue weighted by molar-refractivity contribution is -0.133. The van der Waals surface area contributed by atoms with Crippen LogP contribution in [0.3, 0.4) is 0 Å². The van der Waals surface area contributed by atoms with E-state index in [9.17, 15) is 9.59 Å². The average molecular weight is 393 g/mol. The maximum absolute atomic E-state index is 11.8. The summed E-state index contributed by atoms with van der Waals surface area (Å²) in [5, 5.41) is 5.27. The number of anilines is 1. The number of halogens is 2. The Bertz CT molecular complexity index is 513. The molecule has 0 aromatic heterocycles. The molecule has 1 aromatic rings. The highest BCUT2D eigenvalue weighted by molar-refractivity contribution is 9.10. The van der Waals surface area contributed by atoms with Crippen LogP contribution in [0.25, 0.3) is 0 Å². The number of nitrogens with one attached hydrogen (secondary N) is 2. The SMILES string of the molecule is Cl.NC[C@H]1CC[C@@H](C(=O)NCC(=O)Nc2ccc(Br)cc2)O1. The van der Waals surface area contributed by atoms with Crippen molar-refractivity contribution in [1.82, 2.24) is 5.32 Å². The highest BCUT2D eigenvalue weighted by atomic mass is 79.9. The third-order valence-electron chi connectivity index (χ3n) is 3.21. The van der Waals surface area contributed by atoms with Gasteiger partial charge in [-0.1, -0.05) is 15.9 Å². The Morgan fingerprint density at radius 3 is 2.55 bits per heavy atom. The van der Waals surface area contributed by atoms with Crippen molar-refractivity contribution >= 4 is 45.8 Å². The third kappa shape index (κ3) is 5.57. The highest BCUT2D eigenvalue weighted by Gasteiger charge is 2.29. The number of carbonyl (C=O) groups is 2. The molecule has 4 N–H and O–H groups in total. The summed E-state index contributed by atoms with van der Waals surface area (Å²) in [5.74, 6) is -0.545. The Kier molecular flexibility index (Phi) is 7.81. The lowest BCUT2D eigenvalue weighted by Gasteiger charge is -2.12. The maximum Gasteiger partial charge on any atom is 0.249 e. The van der Waals surface area contributed by atoms with Gasteiger partial charge in [0.05, 0.1) is 12.6 Å². The van der Waals surface area contributed by atoms with E-state index in [-0.39, 0.29) is 36.9 Å². The third-order valence-corrected chi connectivity index (χ3v) is 3.74. The Morgan fingerprint density at radius 2 is 1.95 bits per heavy atom. The van der Waals surface area contributed by atoms with E-state index < -0.39 is 6.10 Å². The first kappa shape index (κ1) is 18.9. The second kappa shape index (κ2) is 9.09. The minimum atomic E-state index is -0.501. The summed E-state index contributed by atoms with van der Waals surface area (Å²) in [7, 11) is 0. The minimum absolute atomic E-state index is 0. The van der Waals surface area contributed by atoms with Crippen molar-refractivity contribution in [1.29, 1.82) is 0 Å². The van der Waals surface area contributed by atoms with E-state index in [2.05, 4.69) is 26.6 Å². The number of hydrogen-bond donors (Lipinski definition) is 3. The van der Waals surface area contributed by atoms with Crippen LogP contribution in [0.4, 0.5) is 5.69 Å². The second-order valence-electron chi connectivity index (χ2n) is 4.83. The molecule has 2 atom stereocenters. The molecule has 0 saturated carbocycles. The molecule has 2 rings (SSSR count). The van der Waals surface area contributed by atoms with Crippen LogP contribution in [0, 0.1) is 0 Å². The molecule has 1 aliphatic heterocycles. The molecular formula is C14H19BrClN3O3. The molecule has 1 aromatic carbocycles. The van der Waals surface area contributed by atoms with Crippen LogP contribution < -0.4 is 16.4 Å². The zero-order chi connectivity index (χ0) is 15.2. The summed E-state index contributed by atoms with van der Waals surface area (Å²) in [5.41, 5.74) is 6.17. The number of ether oxygens (including phenoxy) is 1. The molecule has 2 amide bonds. The zero-order valence-electron chi connectivity index (χ0n) is 11.9. The van der Waals surface area contributed by atoms with Gasteiger partial charge in [0.25, 0.3) is 0 Å². The normalized spacial score (nSPS) is 20.1. The molecular weight excluding hydrogens is 374 g/mol. The summed E-state index contributed by atoms with van der Waals surface area (Å²) in [4.78, 5) is 23.6. The molecule has 8 heteroatoms. The molecule has 22 heavy (non-hydrogen) atoms. The highest BCUT2D eigenvalue weighted by Crippen LogP contribution is 2.18. The first-order valence-corrected chi connectivity index (χ1v) is 7.56. The van der Waals surface area contributed by atoms with Crippen LogP contribution in [0.15, 0.2) is 28.7 Å². The van der Waals surface area contributed by atoms with Gasteiger partial charge in [0.2, 0.25) is 11.8 Å². The zero-order valence-corrected chi connectivity index (χ0v) is 14.3. The van der Waals surface area contributed by atoms with Crippen LogP contribution in [0.5, 0.6) is 0 Å². The molecule has 1 fully saturated rings. The van der Waals surface area contributed by atoms with E-state index in [4.69, 9.17) is 10.5 Å². The van der Waals surface area contributed by atoms with Gasteiger partial charge in [-0.25, -0.2) is 0 Å². The smallest absolute Gasteiger partial charge is 0.249 e. The van der Waals surface area contributed by atoms with Gasteiger partial charge in [-0.2, -0.15) is 0 Å². The molecule has 0 bridgehead atoms. The van der Waals surface area contributed by atoms with E-state index in [1.54, 1.807) is 12.1 Å². The summed E-state index contributed by atoms with van der Waals surface area (Å²) in [6.07, 6.45) is 0.859. The topological polar surface area (TPSA) is 93.5 Å². The monoisotopic (exact) mass is 391 g/mol. The molecule has 0 spiro atoms. The van der Waals surface area contributed by atoms with Gasteiger partial charge in [0.1, 0.15) is 6.10 Å². The van der Waals surface area contributed by atoms with Crippen LogP contribution >= 0.6 is 28.3 Å². The van der Waals surface area contributed by atoms with Crippen molar-refractivity contribution in [2.24, 2.45) is 5.73 Å². The molecule has 0 aliphatic carbocycles. The predicted octanol–water partition coefficient (Wildman–Crippen LogP) is 1.43. The molecule has 122 valence electrons. The summed E-state index contributed by atoms with van der Waals surface area (Å²) in [6, 6.07) is 7.20. The van der Waals surface area contributed by atoms with E-state index in [0.717, 1.165) is 10.9 Å². The fourth-order valence-electron chi connectivity index (χ4n) is 2.09. The van der Waals surface area contributed by atoms with Crippen LogP contribution in [-0.2, 0) is 14.3 Å². The maximum atomic E-state index is 11.8. The van der Waals surface area contributed by atoms with Crippen molar-refractivity contribution in [2.75, 3.05) is 18.4 Å². The lowest BCUT2D eigenvalue weighted by atomic mass is 10.2. The molecule has 1 saturated heterocycles. The number of amides is 2. The van der Waals surface area contributed by atoms with E-state index in [0.29, 0.717) is 18.7 Å². The first-order valence-electron chi connectivity index (χ1n) is 6.77. The molecule has 1 heterocycles. The molecule has 1 aliphatic rings.